The molecule has 0 amide bonds. The Hall–Kier alpha value is -2.43. The molecule has 0 fully saturated rings. The molecule has 1 aromatic heterocycles. The molecular weight excluding hydrogens is 258 g/mol. The van der Waals surface area contributed by atoms with Gasteiger partial charge in [0.1, 0.15) is 0 Å². The molecule has 1 heterocycles. The van der Waals surface area contributed by atoms with E-state index in [1.165, 1.54) is 11.5 Å². The third-order valence-corrected chi connectivity index (χ3v) is 3.93. The van der Waals surface area contributed by atoms with Crippen molar-refractivity contribution in [2.24, 2.45) is 0 Å². The molecular formula is C15H13NO4. The van der Waals surface area contributed by atoms with Crippen LogP contribution < -0.4 is 0 Å². The van der Waals surface area contributed by atoms with Gasteiger partial charge in [0.25, 0.3) is 0 Å². The van der Waals surface area contributed by atoms with Crippen LogP contribution in [0.3, 0.4) is 0 Å². The third kappa shape index (κ3) is 1.46. The Labute approximate surface area is 114 Å². The number of rotatable bonds is 1. The zero-order valence-electron chi connectivity index (χ0n) is 11.1. The van der Waals surface area contributed by atoms with Crippen molar-refractivity contribution < 1.29 is 19.5 Å². The number of aliphatic carboxylic acids is 1. The first-order valence-electron chi connectivity index (χ1n) is 6.34. The predicted octanol–water partition coefficient (Wildman–Crippen LogP) is 2.36. The van der Waals surface area contributed by atoms with Crippen molar-refractivity contribution in [2.75, 3.05) is 0 Å². The average molecular weight is 271 g/mol. The van der Waals surface area contributed by atoms with E-state index >= 15 is 0 Å². The van der Waals surface area contributed by atoms with Gasteiger partial charge in [-0.25, -0.2) is 0 Å². The summed E-state index contributed by atoms with van der Waals surface area (Å²) in [4.78, 5) is 35.4. The number of carbonyl (C=O) groups excluding carboxylic acids is 2. The summed E-state index contributed by atoms with van der Waals surface area (Å²) < 4.78 is 1.49. The van der Waals surface area contributed by atoms with Gasteiger partial charge in [-0.15, -0.1) is 0 Å². The highest BCUT2D eigenvalue weighted by atomic mass is 16.4. The maximum atomic E-state index is 12.1. The maximum Gasteiger partial charge on any atom is 0.311 e. The van der Waals surface area contributed by atoms with Gasteiger partial charge in [0.05, 0.1) is 11.4 Å². The number of hydrogen-bond donors (Lipinski definition) is 1. The monoisotopic (exact) mass is 271 g/mol. The Morgan fingerprint density at radius 1 is 1.35 bits per heavy atom. The predicted molar refractivity (Wildman–Crippen MR) is 72.3 cm³/mol. The second-order valence-electron chi connectivity index (χ2n) is 5.07. The van der Waals surface area contributed by atoms with Crippen molar-refractivity contribution in [3.63, 3.8) is 0 Å². The number of carboxylic acids is 1. The van der Waals surface area contributed by atoms with E-state index in [0.29, 0.717) is 27.7 Å². The molecule has 0 bridgehead atoms. The number of aromatic nitrogens is 1. The first-order valence-corrected chi connectivity index (χ1v) is 6.34. The van der Waals surface area contributed by atoms with E-state index in [1.807, 2.05) is 0 Å². The van der Waals surface area contributed by atoms with Gasteiger partial charge in [-0.05, 0) is 18.6 Å². The van der Waals surface area contributed by atoms with Crippen LogP contribution in [0, 0.1) is 6.92 Å². The number of carboxylic acid groups (broad SMARTS) is 1. The van der Waals surface area contributed by atoms with Gasteiger partial charge >= 0.3 is 5.97 Å². The zero-order valence-corrected chi connectivity index (χ0v) is 11.1. The standard InChI is InChI=1S/C15H13NO4/c1-7-13-10(15(19)20)6-12(18)9-4-3-5-11(14(9)13)16(7)8(2)17/h3-5,10H,6H2,1-2H3,(H,19,20)/t10-/m1/s1. The molecule has 20 heavy (non-hydrogen) atoms. The van der Waals surface area contributed by atoms with Crippen molar-refractivity contribution >= 4 is 28.6 Å². The van der Waals surface area contributed by atoms with Crippen LogP contribution in [-0.2, 0) is 4.79 Å². The Balaban J connectivity index is 2.51. The molecule has 1 aromatic carbocycles. The molecule has 1 aliphatic carbocycles. The zero-order chi connectivity index (χ0) is 14.6. The minimum atomic E-state index is -1.03. The summed E-state index contributed by atoms with van der Waals surface area (Å²) >= 11 is 0. The lowest BCUT2D eigenvalue weighted by atomic mass is 9.82. The van der Waals surface area contributed by atoms with Gasteiger partial charge in [-0.1, -0.05) is 12.1 Å². The van der Waals surface area contributed by atoms with E-state index in [9.17, 15) is 19.5 Å². The van der Waals surface area contributed by atoms with Crippen molar-refractivity contribution in [1.82, 2.24) is 4.57 Å². The average Bonchev–Trinajstić information content (AvgIpc) is 2.67. The molecule has 1 atom stereocenters. The minimum absolute atomic E-state index is 0.0514. The number of carbonyl (C=O) groups is 3. The van der Waals surface area contributed by atoms with Crippen LogP contribution in [0.15, 0.2) is 18.2 Å². The SMILES string of the molecule is CC(=O)n1c(C)c2c3c(cccc31)C(=O)C[C@H]2C(=O)O. The van der Waals surface area contributed by atoms with E-state index in [0.717, 1.165) is 0 Å². The lowest BCUT2D eigenvalue weighted by molar-refractivity contribution is -0.138. The van der Waals surface area contributed by atoms with E-state index in [-0.39, 0.29) is 18.1 Å². The third-order valence-electron chi connectivity index (χ3n) is 3.93. The van der Waals surface area contributed by atoms with Gasteiger partial charge in [0, 0.05) is 30.0 Å². The van der Waals surface area contributed by atoms with E-state index in [2.05, 4.69) is 0 Å². The van der Waals surface area contributed by atoms with E-state index in [1.54, 1.807) is 25.1 Å². The van der Waals surface area contributed by atoms with Crippen LogP contribution in [0.5, 0.6) is 0 Å². The van der Waals surface area contributed by atoms with Crippen molar-refractivity contribution in [3.05, 3.63) is 35.0 Å². The molecule has 0 spiro atoms. The minimum Gasteiger partial charge on any atom is -0.481 e. The summed E-state index contributed by atoms with van der Waals surface area (Å²) in [6, 6.07) is 5.16. The molecule has 0 unspecified atom stereocenters. The molecule has 0 aliphatic heterocycles. The Morgan fingerprint density at radius 3 is 2.65 bits per heavy atom. The van der Waals surface area contributed by atoms with E-state index in [4.69, 9.17) is 0 Å². The summed E-state index contributed by atoms with van der Waals surface area (Å²) in [5, 5.41) is 9.97. The molecule has 0 saturated heterocycles. The van der Waals surface area contributed by atoms with Crippen LogP contribution in [0.2, 0.25) is 0 Å². The van der Waals surface area contributed by atoms with Gasteiger partial charge in [-0.3, -0.25) is 19.0 Å². The van der Waals surface area contributed by atoms with Crippen LogP contribution >= 0.6 is 0 Å². The van der Waals surface area contributed by atoms with Crippen LogP contribution in [0.25, 0.3) is 10.9 Å². The molecule has 2 aromatic rings. The molecule has 102 valence electrons. The van der Waals surface area contributed by atoms with Crippen LogP contribution in [-0.4, -0.2) is 27.3 Å². The smallest absolute Gasteiger partial charge is 0.311 e. The largest absolute Gasteiger partial charge is 0.481 e. The fourth-order valence-electron chi connectivity index (χ4n) is 3.16. The lowest BCUT2D eigenvalue weighted by Gasteiger charge is -2.18. The number of benzene rings is 1. The van der Waals surface area contributed by atoms with Gasteiger partial charge in [-0.2, -0.15) is 0 Å². The summed E-state index contributed by atoms with van der Waals surface area (Å²) in [6.45, 7) is 3.16. The highest BCUT2D eigenvalue weighted by molar-refractivity contribution is 6.15. The molecule has 0 radical (unpaired) electrons. The van der Waals surface area contributed by atoms with Crippen LogP contribution in [0.1, 0.15) is 45.7 Å². The molecule has 1 aliphatic rings. The van der Waals surface area contributed by atoms with Crippen LogP contribution in [0.4, 0.5) is 0 Å². The van der Waals surface area contributed by atoms with E-state index < -0.39 is 11.9 Å². The second-order valence-corrected chi connectivity index (χ2v) is 5.07. The Morgan fingerprint density at radius 2 is 2.05 bits per heavy atom. The summed E-state index contributed by atoms with van der Waals surface area (Å²) in [5.41, 5.74) is 2.33. The summed E-state index contributed by atoms with van der Waals surface area (Å²) in [6.07, 6.45) is -0.0514. The fraction of sp³-hybridized carbons (Fsp3) is 0.267. The van der Waals surface area contributed by atoms with Crippen molar-refractivity contribution in [2.45, 2.75) is 26.2 Å². The summed E-state index contributed by atoms with van der Waals surface area (Å²) in [7, 11) is 0. The molecule has 0 saturated carbocycles. The highest BCUT2D eigenvalue weighted by Crippen LogP contribution is 2.40. The Bertz CT molecular complexity index is 785. The molecule has 3 rings (SSSR count). The van der Waals surface area contributed by atoms with Gasteiger partial charge in [0.2, 0.25) is 5.91 Å². The number of ketones is 1. The number of Topliss-reactive ketones (excluding diaryl/α,β-unsaturated/α-hetero) is 1. The first kappa shape index (κ1) is 12.6. The Kier molecular flexibility index (Phi) is 2.54. The fourth-order valence-corrected chi connectivity index (χ4v) is 3.16. The molecule has 5 nitrogen and oxygen atoms in total. The highest BCUT2D eigenvalue weighted by Gasteiger charge is 2.36. The first-order chi connectivity index (χ1) is 9.43. The lowest BCUT2D eigenvalue weighted by Crippen LogP contribution is -2.21. The van der Waals surface area contributed by atoms with Crippen molar-refractivity contribution in [3.8, 4) is 0 Å². The number of nitrogens with zero attached hydrogens (tertiary/aromatic N) is 1. The number of hydrogen-bond acceptors (Lipinski definition) is 3. The maximum absolute atomic E-state index is 12.1. The normalized spacial score (nSPS) is 17.5. The quantitative estimate of drug-likeness (QED) is 0.863. The topological polar surface area (TPSA) is 76.4 Å². The van der Waals surface area contributed by atoms with Crippen molar-refractivity contribution in [1.29, 1.82) is 0 Å². The second kappa shape index (κ2) is 4.03. The van der Waals surface area contributed by atoms with Gasteiger partial charge in [0.15, 0.2) is 5.78 Å². The summed E-state index contributed by atoms with van der Waals surface area (Å²) in [5.74, 6) is -2.27. The molecule has 5 heteroatoms. The molecule has 1 N–H and O–H groups in total. The van der Waals surface area contributed by atoms with Gasteiger partial charge < -0.3 is 5.11 Å².